The van der Waals surface area contributed by atoms with Gasteiger partial charge in [-0.15, -0.1) is 0 Å². The number of hydrogen-bond donors (Lipinski definition) is 1. The van der Waals surface area contributed by atoms with Gasteiger partial charge in [0.25, 0.3) is 5.92 Å². The summed E-state index contributed by atoms with van der Waals surface area (Å²) in [5, 5.41) is 3.16. The molecule has 0 amide bonds. The van der Waals surface area contributed by atoms with Gasteiger partial charge in [0, 0.05) is 11.8 Å². The maximum Gasteiger partial charge on any atom is 0.253 e. The van der Waals surface area contributed by atoms with Crippen LogP contribution in [0.25, 0.3) is 0 Å². The molecule has 2 aliphatic heterocycles. The van der Waals surface area contributed by atoms with Gasteiger partial charge in [-0.05, 0) is 58.9 Å². The molecular formula is C12H22F2N2. The first-order valence-electron chi connectivity index (χ1n) is 6.38. The highest BCUT2D eigenvalue weighted by molar-refractivity contribution is 4.89. The molecule has 2 rings (SSSR count). The number of hydrogen-bond acceptors (Lipinski definition) is 2. The Morgan fingerprint density at radius 3 is 2.06 bits per heavy atom. The van der Waals surface area contributed by atoms with Crippen LogP contribution in [-0.2, 0) is 0 Å². The Labute approximate surface area is 96.4 Å². The number of halogens is 2. The van der Waals surface area contributed by atoms with Gasteiger partial charge in [0.1, 0.15) is 0 Å². The molecule has 0 aliphatic carbocycles. The van der Waals surface area contributed by atoms with Crippen molar-refractivity contribution >= 4 is 0 Å². The van der Waals surface area contributed by atoms with Gasteiger partial charge in [-0.2, -0.15) is 0 Å². The number of nitrogens with one attached hydrogen (secondary N) is 1. The van der Waals surface area contributed by atoms with Crippen molar-refractivity contribution < 1.29 is 8.78 Å². The Hall–Kier alpha value is -0.220. The van der Waals surface area contributed by atoms with Crippen molar-refractivity contribution in [1.82, 2.24) is 10.2 Å². The van der Waals surface area contributed by atoms with Crippen LogP contribution in [0.4, 0.5) is 8.78 Å². The lowest BCUT2D eigenvalue weighted by molar-refractivity contribution is -0.129. The standard InChI is InChI=1S/C12H22F2N2/c1-16-8-4-11(5-9-16)12(13,14)10-2-6-15-7-3-10/h10-11,15H,2-9H2,1H3. The SMILES string of the molecule is CN1CCC(C(F)(F)C2CCNCC2)CC1. The van der Waals surface area contributed by atoms with Crippen LogP contribution in [-0.4, -0.2) is 44.0 Å². The molecule has 2 saturated heterocycles. The average molecular weight is 232 g/mol. The van der Waals surface area contributed by atoms with Crippen LogP contribution < -0.4 is 5.32 Å². The molecule has 0 atom stereocenters. The fourth-order valence-corrected chi connectivity index (χ4v) is 2.93. The summed E-state index contributed by atoms with van der Waals surface area (Å²) < 4.78 is 28.6. The third-order valence-electron chi connectivity index (χ3n) is 4.15. The zero-order chi connectivity index (χ0) is 11.6. The maximum atomic E-state index is 14.3. The lowest BCUT2D eigenvalue weighted by atomic mass is 9.79. The first-order valence-corrected chi connectivity index (χ1v) is 6.38. The third-order valence-corrected chi connectivity index (χ3v) is 4.15. The summed E-state index contributed by atoms with van der Waals surface area (Å²) in [4.78, 5) is 2.15. The van der Waals surface area contributed by atoms with E-state index in [4.69, 9.17) is 0 Å². The Morgan fingerprint density at radius 1 is 1.00 bits per heavy atom. The molecule has 2 fully saturated rings. The lowest BCUT2D eigenvalue weighted by Crippen LogP contribution is -2.46. The Bertz CT molecular complexity index is 219. The molecule has 0 bridgehead atoms. The van der Waals surface area contributed by atoms with Crippen molar-refractivity contribution in [3.05, 3.63) is 0 Å². The van der Waals surface area contributed by atoms with Gasteiger partial charge < -0.3 is 10.2 Å². The second kappa shape index (κ2) is 4.96. The van der Waals surface area contributed by atoms with E-state index in [0.29, 0.717) is 25.7 Å². The minimum absolute atomic E-state index is 0.383. The molecule has 0 saturated carbocycles. The quantitative estimate of drug-likeness (QED) is 0.783. The van der Waals surface area contributed by atoms with Gasteiger partial charge >= 0.3 is 0 Å². The third kappa shape index (κ3) is 2.54. The van der Waals surface area contributed by atoms with Crippen LogP contribution >= 0.6 is 0 Å². The number of piperidine rings is 2. The largest absolute Gasteiger partial charge is 0.317 e. The molecule has 0 unspecified atom stereocenters. The second-order valence-corrected chi connectivity index (χ2v) is 5.28. The van der Waals surface area contributed by atoms with Crippen LogP contribution in [0.1, 0.15) is 25.7 Å². The summed E-state index contributed by atoms with van der Waals surface area (Å²) in [6.07, 6.45) is 2.60. The fourth-order valence-electron chi connectivity index (χ4n) is 2.93. The van der Waals surface area contributed by atoms with Gasteiger partial charge in [0.2, 0.25) is 0 Å². The zero-order valence-corrected chi connectivity index (χ0v) is 10.0. The topological polar surface area (TPSA) is 15.3 Å². The van der Waals surface area contributed by atoms with E-state index in [1.54, 1.807) is 0 Å². The lowest BCUT2D eigenvalue weighted by Gasteiger charge is -2.39. The van der Waals surface area contributed by atoms with Gasteiger partial charge in [0.15, 0.2) is 0 Å². The molecule has 2 aliphatic rings. The monoisotopic (exact) mass is 232 g/mol. The minimum Gasteiger partial charge on any atom is -0.317 e. The number of alkyl halides is 2. The Kier molecular flexibility index (Phi) is 3.80. The minimum atomic E-state index is -2.44. The molecule has 0 aromatic rings. The van der Waals surface area contributed by atoms with Gasteiger partial charge in [-0.1, -0.05) is 0 Å². The van der Waals surface area contributed by atoms with Gasteiger partial charge in [0.05, 0.1) is 0 Å². The van der Waals surface area contributed by atoms with E-state index in [9.17, 15) is 8.78 Å². The summed E-state index contributed by atoms with van der Waals surface area (Å²) >= 11 is 0. The van der Waals surface area contributed by atoms with E-state index in [1.807, 2.05) is 7.05 Å². The molecule has 4 heteroatoms. The molecule has 0 aromatic heterocycles. The van der Waals surface area contributed by atoms with Crippen LogP contribution in [0.2, 0.25) is 0 Å². The van der Waals surface area contributed by atoms with Crippen molar-refractivity contribution in [2.45, 2.75) is 31.6 Å². The smallest absolute Gasteiger partial charge is 0.253 e. The van der Waals surface area contributed by atoms with Gasteiger partial charge in [-0.25, -0.2) is 8.78 Å². The fraction of sp³-hybridized carbons (Fsp3) is 1.00. The average Bonchev–Trinajstić information content (AvgIpc) is 2.31. The highest BCUT2D eigenvalue weighted by Crippen LogP contribution is 2.42. The highest BCUT2D eigenvalue weighted by Gasteiger charge is 2.47. The van der Waals surface area contributed by atoms with Crippen LogP contribution in [0.5, 0.6) is 0 Å². The predicted molar refractivity (Wildman–Crippen MR) is 60.8 cm³/mol. The van der Waals surface area contributed by atoms with Crippen LogP contribution in [0.3, 0.4) is 0 Å². The summed E-state index contributed by atoms with van der Waals surface area (Å²) in [5.74, 6) is -3.21. The first kappa shape index (κ1) is 12.2. The van der Waals surface area contributed by atoms with Gasteiger partial charge in [-0.3, -0.25) is 0 Å². The summed E-state index contributed by atoms with van der Waals surface area (Å²) in [7, 11) is 2.01. The first-order chi connectivity index (χ1) is 7.60. The van der Waals surface area contributed by atoms with E-state index >= 15 is 0 Å². The van der Waals surface area contributed by atoms with Crippen LogP contribution in [0.15, 0.2) is 0 Å². The summed E-state index contributed by atoms with van der Waals surface area (Å²) in [6, 6.07) is 0. The zero-order valence-electron chi connectivity index (χ0n) is 10.0. The van der Waals surface area contributed by atoms with Crippen molar-refractivity contribution in [3.63, 3.8) is 0 Å². The van der Waals surface area contributed by atoms with Crippen LogP contribution in [0, 0.1) is 11.8 Å². The van der Waals surface area contributed by atoms with Crippen molar-refractivity contribution in [2.75, 3.05) is 33.2 Å². The predicted octanol–water partition coefficient (Wildman–Crippen LogP) is 1.96. The molecule has 0 aromatic carbocycles. The maximum absolute atomic E-state index is 14.3. The van der Waals surface area contributed by atoms with E-state index in [2.05, 4.69) is 10.2 Å². The van der Waals surface area contributed by atoms with Crippen molar-refractivity contribution in [2.24, 2.45) is 11.8 Å². The molecule has 0 spiro atoms. The highest BCUT2D eigenvalue weighted by atomic mass is 19.3. The van der Waals surface area contributed by atoms with E-state index in [1.165, 1.54) is 0 Å². The molecule has 1 N–H and O–H groups in total. The number of rotatable bonds is 2. The molecule has 2 heterocycles. The van der Waals surface area contributed by atoms with Crippen molar-refractivity contribution in [1.29, 1.82) is 0 Å². The number of nitrogens with zero attached hydrogens (tertiary/aromatic N) is 1. The van der Waals surface area contributed by atoms with Crippen molar-refractivity contribution in [3.8, 4) is 0 Å². The summed E-state index contributed by atoms with van der Waals surface area (Å²) in [6.45, 7) is 3.16. The second-order valence-electron chi connectivity index (χ2n) is 5.28. The molecule has 0 radical (unpaired) electrons. The molecule has 16 heavy (non-hydrogen) atoms. The summed E-state index contributed by atoms with van der Waals surface area (Å²) in [5.41, 5.74) is 0. The molecule has 2 nitrogen and oxygen atoms in total. The molecule has 94 valence electrons. The normalized spacial score (nSPS) is 27.2. The van der Waals surface area contributed by atoms with E-state index in [0.717, 1.165) is 26.2 Å². The Morgan fingerprint density at radius 2 is 1.50 bits per heavy atom. The van der Waals surface area contributed by atoms with E-state index < -0.39 is 5.92 Å². The molecular weight excluding hydrogens is 210 g/mol. The number of likely N-dealkylation sites (tertiary alicyclic amines) is 1. The Balaban J connectivity index is 1.94. The van der Waals surface area contributed by atoms with E-state index in [-0.39, 0.29) is 11.8 Å².